The van der Waals surface area contributed by atoms with Crippen LogP contribution in [0.4, 0.5) is 17.1 Å². The lowest BCUT2D eigenvalue weighted by Crippen LogP contribution is -2.19. The molecule has 0 saturated heterocycles. The largest absolute Gasteiger partial charge is 0.495 e. The number of thiocarbonyl (C=S) groups is 1. The summed E-state index contributed by atoms with van der Waals surface area (Å²) in [5.74, 6) is 0.965. The molecule has 0 unspecified atom stereocenters. The van der Waals surface area contributed by atoms with Crippen molar-refractivity contribution in [2.45, 2.75) is 0 Å². The second-order valence-corrected chi connectivity index (χ2v) is 5.39. The zero-order valence-electron chi connectivity index (χ0n) is 12.8. The van der Waals surface area contributed by atoms with E-state index in [1.807, 2.05) is 0 Å². The number of nitrogens with one attached hydrogen (secondary N) is 2. The lowest BCUT2D eigenvalue weighted by atomic mass is 10.2. The van der Waals surface area contributed by atoms with Crippen LogP contribution in [0.5, 0.6) is 11.5 Å². The van der Waals surface area contributed by atoms with Gasteiger partial charge in [-0.1, -0.05) is 11.6 Å². The maximum Gasteiger partial charge on any atom is 0.269 e. The number of hydrogen-bond acceptors (Lipinski definition) is 5. The molecule has 9 heteroatoms. The minimum absolute atomic E-state index is 0.00327. The van der Waals surface area contributed by atoms with Gasteiger partial charge < -0.3 is 20.1 Å². The second-order valence-electron chi connectivity index (χ2n) is 4.57. The number of nitrogens with zero attached hydrogens (tertiary/aromatic N) is 1. The lowest BCUT2D eigenvalue weighted by Gasteiger charge is -2.15. The fourth-order valence-corrected chi connectivity index (χ4v) is 2.37. The number of hydrogen-bond donors (Lipinski definition) is 2. The normalized spacial score (nSPS) is 9.96. The van der Waals surface area contributed by atoms with E-state index < -0.39 is 4.92 Å². The highest BCUT2D eigenvalue weighted by Gasteiger charge is 2.11. The summed E-state index contributed by atoms with van der Waals surface area (Å²) >= 11 is 11.3. The molecule has 0 heterocycles. The van der Waals surface area contributed by atoms with Crippen molar-refractivity contribution in [2.24, 2.45) is 0 Å². The van der Waals surface area contributed by atoms with Crippen molar-refractivity contribution in [3.05, 3.63) is 51.5 Å². The third-order valence-corrected chi connectivity index (χ3v) is 3.56. The SMILES string of the molecule is COc1cc(NC(=S)Nc2ccc([N+](=O)[O-])cc2)c(OC)cc1Cl. The molecule has 2 aromatic carbocycles. The molecule has 0 radical (unpaired) electrons. The molecule has 0 amide bonds. The molecule has 24 heavy (non-hydrogen) atoms. The summed E-state index contributed by atoms with van der Waals surface area (Å²) in [5.41, 5.74) is 1.18. The fraction of sp³-hybridized carbons (Fsp3) is 0.133. The van der Waals surface area contributed by atoms with Gasteiger partial charge in [0.25, 0.3) is 5.69 Å². The third-order valence-electron chi connectivity index (χ3n) is 3.06. The Kier molecular flexibility index (Phi) is 5.78. The number of nitro benzene ring substituents is 1. The smallest absolute Gasteiger partial charge is 0.269 e. The van der Waals surface area contributed by atoms with Gasteiger partial charge in [-0.3, -0.25) is 10.1 Å². The van der Waals surface area contributed by atoms with Gasteiger partial charge in [-0.2, -0.15) is 0 Å². The van der Waals surface area contributed by atoms with Gasteiger partial charge in [-0.15, -0.1) is 0 Å². The monoisotopic (exact) mass is 367 g/mol. The molecule has 0 saturated carbocycles. The van der Waals surface area contributed by atoms with Crippen molar-refractivity contribution in [2.75, 3.05) is 24.9 Å². The summed E-state index contributed by atoms with van der Waals surface area (Å²) < 4.78 is 10.4. The van der Waals surface area contributed by atoms with Crippen molar-refractivity contribution in [1.82, 2.24) is 0 Å². The van der Waals surface area contributed by atoms with Gasteiger partial charge in [-0.25, -0.2) is 0 Å². The fourth-order valence-electron chi connectivity index (χ4n) is 1.91. The highest BCUT2D eigenvalue weighted by molar-refractivity contribution is 7.80. The highest BCUT2D eigenvalue weighted by Crippen LogP contribution is 2.35. The number of halogens is 1. The van der Waals surface area contributed by atoms with Crippen LogP contribution >= 0.6 is 23.8 Å². The first kappa shape index (κ1) is 17.8. The van der Waals surface area contributed by atoms with E-state index in [2.05, 4.69) is 10.6 Å². The molecule has 0 bridgehead atoms. The summed E-state index contributed by atoms with van der Waals surface area (Å²) in [7, 11) is 3.01. The van der Waals surface area contributed by atoms with Crippen LogP contribution < -0.4 is 20.1 Å². The van der Waals surface area contributed by atoms with Gasteiger partial charge in [0.15, 0.2) is 5.11 Å². The van der Waals surface area contributed by atoms with Gasteiger partial charge in [0.05, 0.1) is 29.9 Å². The molecule has 0 aromatic heterocycles. The highest BCUT2D eigenvalue weighted by atomic mass is 35.5. The molecule has 0 aliphatic carbocycles. The Balaban J connectivity index is 2.13. The van der Waals surface area contributed by atoms with Gasteiger partial charge in [0.2, 0.25) is 0 Å². The van der Waals surface area contributed by atoms with E-state index in [1.54, 1.807) is 24.3 Å². The number of nitro groups is 1. The minimum atomic E-state index is -0.467. The maximum absolute atomic E-state index is 10.6. The molecular weight excluding hydrogens is 354 g/mol. The molecule has 126 valence electrons. The van der Waals surface area contributed by atoms with Gasteiger partial charge in [0, 0.05) is 30.0 Å². The van der Waals surface area contributed by atoms with Crippen LogP contribution in [-0.2, 0) is 0 Å². The van der Waals surface area contributed by atoms with Crippen molar-refractivity contribution in [3.63, 3.8) is 0 Å². The van der Waals surface area contributed by atoms with Crippen molar-refractivity contribution in [3.8, 4) is 11.5 Å². The van der Waals surface area contributed by atoms with E-state index in [1.165, 1.54) is 26.4 Å². The van der Waals surface area contributed by atoms with Crippen LogP contribution in [0.3, 0.4) is 0 Å². The molecule has 2 aromatic rings. The Morgan fingerprint density at radius 2 is 1.75 bits per heavy atom. The van der Waals surface area contributed by atoms with E-state index in [9.17, 15) is 10.1 Å². The molecule has 2 N–H and O–H groups in total. The van der Waals surface area contributed by atoms with Crippen LogP contribution in [0.2, 0.25) is 5.02 Å². The first-order valence-corrected chi connectivity index (χ1v) is 7.47. The van der Waals surface area contributed by atoms with Crippen LogP contribution in [0.15, 0.2) is 36.4 Å². The number of methoxy groups -OCH3 is 2. The molecular formula is C15H14ClN3O4S. The van der Waals surface area contributed by atoms with Crippen molar-refractivity contribution in [1.29, 1.82) is 0 Å². The zero-order valence-corrected chi connectivity index (χ0v) is 14.4. The predicted octanol–water partition coefficient (Wildman–Crippen LogP) is 4.07. The average molecular weight is 368 g/mol. The maximum atomic E-state index is 10.6. The summed E-state index contributed by atoms with van der Waals surface area (Å²) in [6, 6.07) is 9.16. The molecule has 0 spiro atoms. The average Bonchev–Trinajstić information content (AvgIpc) is 2.56. The Labute approximate surface area is 148 Å². The van der Waals surface area contributed by atoms with E-state index in [0.29, 0.717) is 27.9 Å². The Morgan fingerprint density at radius 1 is 1.12 bits per heavy atom. The first-order chi connectivity index (χ1) is 11.4. The van der Waals surface area contributed by atoms with Crippen molar-refractivity contribution >= 4 is 46.0 Å². The molecule has 7 nitrogen and oxygen atoms in total. The summed E-state index contributed by atoms with van der Waals surface area (Å²) in [5, 5.41) is 17.2. The first-order valence-electron chi connectivity index (χ1n) is 6.68. The van der Waals surface area contributed by atoms with Crippen LogP contribution in [0.1, 0.15) is 0 Å². The Bertz CT molecular complexity index is 768. The minimum Gasteiger partial charge on any atom is -0.495 e. The van der Waals surface area contributed by atoms with Crippen LogP contribution in [-0.4, -0.2) is 24.3 Å². The predicted molar refractivity (Wildman–Crippen MR) is 97.5 cm³/mol. The van der Waals surface area contributed by atoms with Gasteiger partial charge in [0.1, 0.15) is 11.5 Å². The van der Waals surface area contributed by atoms with E-state index in [4.69, 9.17) is 33.3 Å². The standard InChI is InChI=1S/C15H14ClN3O4S/c1-22-13-8-12(14(23-2)7-11(13)16)18-15(24)17-9-3-5-10(6-4-9)19(20)21/h3-8H,1-2H3,(H2,17,18,24). The number of non-ortho nitro benzene ring substituents is 1. The lowest BCUT2D eigenvalue weighted by molar-refractivity contribution is -0.384. The molecule has 0 aliphatic rings. The summed E-state index contributed by atoms with van der Waals surface area (Å²) in [6.07, 6.45) is 0. The van der Waals surface area contributed by atoms with Crippen LogP contribution in [0, 0.1) is 10.1 Å². The number of rotatable bonds is 5. The van der Waals surface area contributed by atoms with Gasteiger partial charge in [-0.05, 0) is 24.4 Å². The molecule has 0 atom stereocenters. The van der Waals surface area contributed by atoms with Gasteiger partial charge >= 0.3 is 0 Å². The van der Waals surface area contributed by atoms with E-state index in [-0.39, 0.29) is 10.8 Å². The second kappa shape index (κ2) is 7.80. The van der Waals surface area contributed by atoms with E-state index >= 15 is 0 Å². The zero-order chi connectivity index (χ0) is 17.7. The molecule has 0 aliphatic heterocycles. The summed E-state index contributed by atoms with van der Waals surface area (Å²) in [6.45, 7) is 0. The quantitative estimate of drug-likeness (QED) is 0.468. The van der Waals surface area contributed by atoms with Crippen molar-refractivity contribution < 1.29 is 14.4 Å². The Morgan fingerprint density at radius 3 is 2.29 bits per heavy atom. The summed E-state index contributed by atoms with van der Waals surface area (Å²) in [4.78, 5) is 10.2. The topological polar surface area (TPSA) is 85.7 Å². The van der Waals surface area contributed by atoms with E-state index in [0.717, 1.165) is 0 Å². The molecule has 0 fully saturated rings. The number of ether oxygens (including phenoxy) is 2. The Hall–Kier alpha value is -2.58. The molecule has 2 rings (SSSR count). The number of benzene rings is 2. The third kappa shape index (κ3) is 4.24. The van der Waals surface area contributed by atoms with Crippen LogP contribution in [0.25, 0.3) is 0 Å². The number of anilines is 2.